The van der Waals surface area contributed by atoms with Crippen molar-refractivity contribution in [1.29, 1.82) is 5.26 Å². The summed E-state index contributed by atoms with van der Waals surface area (Å²) in [6, 6.07) is 6.92. The van der Waals surface area contributed by atoms with Crippen LogP contribution in [0.4, 0.5) is 5.69 Å². The standard InChI is InChI=1S/C16H21N3O3S/c1-11-4-7-13(23(3,21)22)8-14(11)18-9-15(20)19-16(2,10-17)12-5-6-12/h4,7-8,12,18H,5-6,9H2,1-3H3,(H,19,20)/t16-/m1/s1. The number of hydrogen-bond acceptors (Lipinski definition) is 5. The van der Waals surface area contributed by atoms with E-state index in [0.717, 1.165) is 24.7 Å². The molecule has 1 amide bonds. The zero-order valence-electron chi connectivity index (χ0n) is 13.5. The average Bonchev–Trinajstić information content (AvgIpc) is 3.30. The van der Waals surface area contributed by atoms with E-state index in [1.165, 1.54) is 12.1 Å². The van der Waals surface area contributed by atoms with Gasteiger partial charge in [-0.25, -0.2) is 8.42 Å². The largest absolute Gasteiger partial charge is 0.376 e. The van der Waals surface area contributed by atoms with Crippen LogP contribution in [0, 0.1) is 24.2 Å². The van der Waals surface area contributed by atoms with Crippen molar-refractivity contribution in [2.24, 2.45) is 5.92 Å². The fourth-order valence-corrected chi connectivity index (χ4v) is 3.06. The quantitative estimate of drug-likeness (QED) is 0.823. The monoisotopic (exact) mass is 335 g/mol. The maximum atomic E-state index is 12.1. The third kappa shape index (κ3) is 4.23. The number of nitriles is 1. The second kappa shape index (κ2) is 6.20. The zero-order valence-corrected chi connectivity index (χ0v) is 14.3. The molecule has 0 radical (unpaired) electrons. The molecule has 2 rings (SSSR count). The maximum absolute atomic E-state index is 12.1. The lowest BCUT2D eigenvalue weighted by molar-refractivity contribution is -0.120. The van der Waals surface area contributed by atoms with E-state index < -0.39 is 15.4 Å². The summed E-state index contributed by atoms with van der Waals surface area (Å²) in [5, 5.41) is 15.0. The highest BCUT2D eigenvalue weighted by atomic mass is 32.2. The first-order valence-corrected chi connectivity index (χ1v) is 9.32. The third-order valence-corrected chi connectivity index (χ3v) is 5.21. The molecular weight excluding hydrogens is 314 g/mol. The molecule has 1 saturated carbocycles. The summed E-state index contributed by atoms with van der Waals surface area (Å²) in [7, 11) is -3.30. The number of nitrogens with one attached hydrogen (secondary N) is 2. The molecule has 1 aromatic carbocycles. The minimum Gasteiger partial charge on any atom is -0.376 e. The number of sulfone groups is 1. The van der Waals surface area contributed by atoms with Crippen LogP contribution in [0.3, 0.4) is 0 Å². The Labute approximate surface area is 136 Å². The molecule has 0 bridgehead atoms. The van der Waals surface area contributed by atoms with Gasteiger partial charge in [0, 0.05) is 11.9 Å². The molecule has 0 spiro atoms. The van der Waals surface area contributed by atoms with E-state index in [0.29, 0.717) is 5.69 Å². The van der Waals surface area contributed by atoms with Gasteiger partial charge in [-0.05, 0) is 50.3 Å². The molecular formula is C16H21N3O3S. The minimum absolute atomic E-state index is 0.0158. The Morgan fingerprint density at radius 2 is 2.09 bits per heavy atom. The summed E-state index contributed by atoms with van der Waals surface area (Å²) in [5.41, 5.74) is 0.603. The Bertz CT molecular complexity index is 763. The van der Waals surface area contributed by atoms with E-state index in [1.54, 1.807) is 13.0 Å². The topological polar surface area (TPSA) is 99.1 Å². The lowest BCUT2D eigenvalue weighted by Crippen LogP contribution is -2.48. The first kappa shape index (κ1) is 17.3. The predicted molar refractivity (Wildman–Crippen MR) is 87.7 cm³/mol. The zero-order chi connectivity index (χ0) is 17.3. The molecule has 1 aliphatic carbocycles. The minimum atomic E-state index is -3.30. The molecule has 6 nitrogen and oxygen atoms in total. The molecule has 0 saturated heterocycles. The molecule has 1 aromatic rings. The number of carbonyl (C=O) groups excluding carboxylic acids is 1. The lowest BCUT2D eigenvalue weighted by Gasteiger charge is -2.23. The van der Waals surface area contributed by atoms with Crippen molar-refractivity contribution in [1.82, 2.24) is 5.32 Å². The van der Waals surface area contributed by atoms with Gasteiger partial charge in [0.25, 0.3) is 0 Å². The average molecular weight is 335 g/mol. The van der Waals surface area contributed by atoms with Crippen LogP contribution in [0.25, 0.3) is 0 Å². The summed E-state index contributed by atoms with van der Waals surface area (Å²) in [6.07, 6.45) is 3.04. The van der Waals surface area contributed by atoms with Gasteiger partial charge in [0.2, 0.25) is 5.91 Å². The Kier molecular flexibility index (Phi) is 4.66. The third-order valence-electron chi connectivity index (χ3n) is 4.10. The summed E-state index contributed by atoms with van der Waals surface area (Å²) in [5.74, 6) is -0.0724. The first-order chi connectivity index (χ1) is 10.7. The van der Waals surface area contributed by atoms with Gasteiger partial charge in [0.05, 0.1) is 17.5 Å². The van der Waals surface area contributed by atoms with Crippen molar-refractivity contribution in [2.75, 3.05) is 18.1 Å². The van der Waals surface area contributed by atoms with Gasteiger partial charge in [0.1, 0.15) is 5.54 Å². The Hall–Kier alpha value is -2.07. The molecule has 23 heavy (non-hydrogen) atoms. The number of rotatable bonds is 6. The van der Waals surface area contributed by atoms with Crippen LogP contribution in [-0.4, -0.2) is 32.7 Å². The fourth-order valence-electron chi connectivity index (χ4n) is 2.41. The Morgan fingerprint density at radius 3 is 2.61 bits per heavy atom. The molecule has 0 aromatic heterocycles. The number of benzene rings is 1. The van der Waals surface area contributed by atoms with Gasteiger partial charge in [0.15, 0.2) is 9.84 Å². The number of anilines is 1. The molecule has 7 heteroatoms. The molecule has 1 atom stereocenters. The molecule has 124 valence electrons. The van der Waals surface area contributed by atoms with E-state index in [-0.39, 0.29) is 23.3 Å². The van der Waals surface area contributed by atoms with Crippen LogP contribution in [0.1, 0.15) is 25.3 Å². The molecule has 1 aliphatic rings. The summed E-state index contributed by atoms with van der Waals surface area (Å²) < 4.78 is 23.2. The Morgan fingerprint density at radius 1 is 1.43 bits per heavy atom. The molecule has 0 unspecified atom stereocenters. The highest BCUT2D eigenvalue weighted by Crippen LogP contribution is 2.39. The van der Waals surface area contributed by atoms with Gasteiger partial charge < -0.3 is 10.6 Å². The number of hydrogen-bond donors (Lipinski definition) is 2. The summed E-state index contributed by atoms with van der Waals surface area (Å²) in [4.78, 5) is 12.3. The molecule has 1 fully saturated rings. The lowest BCUT2D eigenvalue weighted by atomic mass is 9.98. The van der Waals surface area contributed by atoms with Crippen LogP contribution in [0.5, 0.6) is 0 Å². The van der Waals surface area contributed by atoms with Gasteiger partial charge in [-0.1, -0.05) is 6.07 Å². The SMILES string of the molecule is Cc1ccc(S(C)(=O)=O)cc1NCC(=O)N[C@](C)(C#N)C1CC1. The van der Waals surface area contributed by atoms with Gasteiger partial charge in [-0.2, -0.15) is 5.26 Å². The number of carbonyl (C=O) groups is 1. The fraction of sp³-hybridized carbons (Fsp3) is 0.500. The van der Waals surface area contributed by atoms with Gasteiger partial charge in [-0.15, -0.1) is 0 Å². The second-order valence-corrected chi connectivity index (χ2v) is 8.25. The van der Waals surface area contributed by atoms with Crippen LogP contribution in [0.15, 0.2) is 23.1 Å². The molecule has 0 aliphatic heterocycles. The van der Waals surface area contributed by atoms with Crippen LogP contribution in [0.2, 0.25) is 0 Å². The van der Waals surface area contributed by atoms with E-state index in [4.69, 9.17) is 0 Å². The van der Waals surface area contributed by atoms with E-state index in [9.17, 15) is 18.5 Å². The van der Waals surface area contributed by atoms with E-state index >= 15 is 0 Å². The predicted octanol–water partition coefficient (Wildman–Crippen LogP) is 1.62. The van der Waals surface area contributed by atoms with Crippen LogP contribution in [-0.2, 0) is 14.6 Å². The highest BCUT2D eigenvalue weighted by molar-refractivity contribution is 7.90. The summed E-state index contributed by atoms with van der Waals surface area (Å²) >= 11 is 0. The van der Waals surface area contributed by atoms with Crippen molar-refractivity contribution in [3.63, 3.8) is 0 Å². The van der Waals surface area contributed by atoms with Crippen molar-refractivity contribution in [2.45, 2.75) is 37.1 Å². The normalized spacial score (nSPS) is 17.0. The molecule has 2 N–H and O–H groups in total. The van der Waals surface area contributed by atoms with Crippen molar-refractivity contribution < 1.29 is 13.2 Å². The number of aryl methyl sites for hydroxylation is 1. The number of amides is 1. The van der Waals surface area contributed by atoms with E-state index in [1.807, 2.05) is 6.92 Å². The van der Waals surface area contributed by atoms with Crippen LogP contribution < -0.4 is 10.6 Å². The summed E-state index contributed by atoms with van der Waals surface area (Å²) in [6.45, 7) is 3.55. The Balaban J connectivity index is 2.03. The maximum Gasteiger partial charge on any atom is 0.240 e. The van der Waals surface area contributed by atoms with E-state index in [2.05, 4.69) is 16.7 Å². The highest BCUT2D eigenvalue weighted by Gasteiger charge is 2.42. The first-order valence-electron chi connectivity index (χ1n) is 7.42. The van der Waals surface area contributed by atoms with Gasteiger partial charge >= 0.3 is 0 Å². The van der Waals surface area contributed by atoms with Crippen molar-refractivity contribution in [3.05, 3.63) is 23.8 Å². The number of nitrogens with zero attached hydrogens (tertiary/aromatic N) is 1. The van der Waals surface area contributed by atoms with Gasteiger partial charge in [-0.3, -0.25) is 4.79 Å². The second-order valence-electron chi connectivity index (χ2n) is 6.24. The molecule has 0 heterocycles. The van der Waals surface area contributed by atoms with Crippen LogP contribution >= 0.6 is 0 Å². The van der Waals surface area contributed by atoms with Crippen molar-refractivity contribution in [3.8, 4) is 6.07 Å². The van der Waals surface area contributed by atoms with Crippen molar-refractivity contribution >= 4 is 21.4 Å². The smallest absolute Gasteiger partial charge is 0.240 e.